The van der Waals surface area contributed by atoms with E-state index in [1.807, 2.05) is 25.9 Å². The van der Waals surface area contributed by atoms with Crippen LogP contribution in [0.5, 0.6) is 0 Å². The summed E-state index contributed by atoms with van der Waals surface area (Å²) in [5, 5.41) is 55.0. The van der Waals surface area contributed by atoms with E-state index in [-0.39, 0.29) is 31.4 Å². The summed E-state index contributed by atoms with van der Waals surface area (Å²) in [6.45, 7) is 19.8. The molecule has 17 nitrogen and oxygen atoms in total. The first kappa shape index (κ1) is 67.8. The van der Waals surface area contributed by atoms with Gasteiger partial charge < -0.3 is 63.6 Å². The molecule has 3 aliphatic heterocycles. The maximum Gasteiger partial charge on any atom is 0.311 e. The minimum Gasteiger partial charge on any atom is -0.481 e. The zero-order valence-corrected chi connectivity index (χ0v) is 48.5. The molecule has 17 heteroatoms. The second kappa shape index (κ2) is 32.5. The second-order valence-electron chi connectivity index (χ2n) is 23.1. The predicted molar refractivity (Wildman–Crippen MR) is 283 cm³/mol. The number of Topliss-reactive ketones (excluding diaryl/α,β-unsaturated/α-hetero) is 1. The van der Waals surface area contributed by atoms with Gasteiger partial charge in [-0.2, -0.15) is 0 Å². The molecule has 5 N–H and O–H groups in total. The number of aliphatic carboxylic acids is 1. The number of nitrogens with zero attached hydrogens (tertiary/aromatic N) is 1. The molecule has 3 fully saturated rings. The number of ketones is 1. The van der Waals surface area contributed by atoms with Gasteiger partial charge in [0.25, 0.3) is 0 Å². The number of likely N-dealkylation sites (N-methyl/N-ethyl adjacent to an activating group) is 1. The average Bonchev–Trinajstić information content (AvgIpc) is 3.33. The number of unbranched alkanes of at least 4 members (excludes halogenated alkanes) is 14. The van der Waals surface area contributed by atoms with Crippen LogP contribution in [0.4, 0.5) is 0 Å². The summed E-state index contributed by atoms with van der Waals surface area (Å²) < 4.78 is 43.3. The van der Waals surface area contributed by atoms with Gasteiger partial charge in [-0.15, -0.1) is 0 Å². The summed E-state index contributed by atoms with van der Waals surface area (Å²) >= 11 is 0. The van der Waals surface area contributed by atoms with Crippen LogP contribution in [0.3, 0.4) is 0 Å². The van der Waals surface area contributed by atoms with Gasteiger partial charge in [-0.25, -0.2) is 0 Å². The summed E-state index contributed by atoms with van der Waals surface area (Å²) in [7, 11) is 5.19. The normalized spacial score (nSPS) is 37.6. The van der Waals surface area contributed by atoms with Crippen molar-refractivity contribution < 1.29 is 77.9 Å². The molecule has 3 aliphatic rings. The molecular formula is C57H105NO16. The third-order valence-electron chi connectivity index (χ3n) is 16.1. The first-order chi connectivity index (χ1) is 34.6. The highest BCUT2D eigenvalue weighted by Crippen LogP contribution is 2.41. The van der Waals surface area contributed by atoms with Crippen molar-refractivity contribution in [2.45, 2.75) is 296 Å². The van der Waals surface area contributed by atoms with Gasteiger partial charge in [0.1, 0.15) is 23.6 Å². The number of aliphatic hydroxyl groups excluding tert-OH is 2. The number of aliphatic hydroxyl groups is 4. The van der Waals surface area contributed by atoms with E-state index in [1.54, 1.807) is 41.5 Å². The van der Waals surface area contributed by atoms with Crippen LogP contribution in [0.25, 0.3) is 0 Å². The highest BCUT2D eigenvalue weighted by molar-refractivity contribution is 5.83. The Kier molecular flexibility index (Phi) is 29.8. The number of hydrogen-bond donors (Lipinski definition) is 5. The van der Waals surface area contributed by atoms with Crippen LogP contribution in [-0.2, 0) is 52.3 Å². The predicted octanol–water partition coefficient (Wildman–Crippen LogP) is 8.69. The summed E-state index contributed by atoms with van der Waals surface area (Å²) in [6.07, 6.45) is 10.4. The van der Waals surface area contributed by atoms with Gasteiger partial charge in [-0.1, -0.05) is 125 Å². The highest BCUT2D eigenvalue weighted by Gasteiger charge is 2.54. The van der Waals surface area contributed by atoms with Crippen molar-refractivity contribution in [1.82, 2.24) is 4.90 Å². The number of hydrogen-bond acceptors (Lipinski definition) is 16. The van der Waals surface area contributed by atoms with Crippen LogP contribution in [0, 0.1) is 23.7 Å². The summed E-state index contributed by atoms with van der Waals surface area (Å²) in [4.78, 5) is 52.8. The molecule has 3 saturated heterocycles. The van der Waals surface area contributed by atoms with Crippen LogP contribution in [0.15, 0.2) is 0 Å². The van der Waals surface area contributed by atoms with Crippen LogP contribution in [0.1, 0.15) is 212 Å². The van der Waals surface area contributed by atoms with Gasteiger partial charge in [0.15, 0.2) is 18.7 Å². The maximum absolute atomic E-state index is 14.2. The molecule has 0 aliphatic carbocycles. The van der Waals surface area contributed by atoms with E-state index in [0.717, 1.165) is 12.8 Å². The second-order valence-corrected chi connectivity index (χ2v) is 23.1. The van der Waals surface area contributed by atoms with Gasteiger partial charge in [0.2, 0.25) is 0 Å². The summed E-state index contributed by atoms with van der Waals surface area (Å²) in [6, 6.07) is -0.320. The lowest BCUT2D eigenvalue weighted by Crippen LogP contribution is -2.61. The van der Waals surface area contributed by atoms with Crippen molar-refractivity contribution >= 4 is 23.7 Å². The Morgan fingerprint density at radius 3 is 1.73 bits per heavy atom. The van der Waals surface area contributed by atoms with E-state index >= 15 is 0 Å². The molecule has 0 aromatic rings. The molecule has 0 saturated carbocycles. The SMILES string of the molecule is CCCCCCCCCCCCCCCCCC(=O)O.CC[C@H]1OC(=O)[C@H](C)[C@@H](O[C@H]2C[C@@](C)(OC)[C@@H](O)[C@H](C)O2)[C@H](C)[C@@H](O[C@@H]2O[C@H](C)C[C@H](N(C)C)[C@H]2OC(C)=O)[C@](C)(O)C[C@@H](C)C(=O)[C@H](C)[C@@H](O)[C@]1(C)O. The average molecular weight is 1060 g/mol. The van der Waals surface area contributed by atoms with E-state index in [1.165, 1.54) is 118 Å². The molecule has 0 aromatic heterocycles. The smallest absolute Gasteiger partial charge is 0.311 e. The number of methoxy groups -OCH3 is 1. The first-order valence-electron chi connectivity index (χ1n) is 28.4. The number of rotatable bonds is 24. The molecule has 3 heterocycles. The lowest BCUT2D eigenvalue weighted by atomic mass is 9.74. The van der Waals surface area contributed by atoms with E-state index in [2.05, 4.69) is 6.92 Å². The van der Waals surface area contributed by atoms with Crippen molar-refractivity contribution in [3.8, 4) is 0 Å². The molecule has 3 rings (SSSR count). The van der Waals surface area contributed by atoms with Gasteiger partial charge in [0, 0.05) is 44.6 Å². The Morgan fingerprint density at radius 1 is 0.730 bits per heavy atom. The molecule has 0 radical (unpaired) electrons. The van der Waals surface area contributed by atoms with Crippen LogP contribution in [-0.4, -0.2) is 160 Å². The van der Waals surface area contributed by atoms with Crippen molar-refractivity contribution in [3.63, 3.8) is 0 Å². The molecule has 0 unspecified atom stereocenters. The minimum absolute atomic E-state index is 0.0755. The van der Waals surface area contributed by atoms with E-state index in [0.29, 0.717) is 12.8 Å². The van der Waals surface area contributed by atoms with Gasteiger partial charge in [-0.3, -0.25) is 19.2 Å². The standard InChI is InChI=1S/C39H69NO14.C18H36O2/c1-15-27-39(11,47)32(43)21(4)29(42)19(2)17-37(9,46)34(54-36-31(51-25(8)41)26(40(12)13)16-20(3)49-36)22(5)30(23(6)35(45)52-27)53-28-18-38(10,48-14)33(44)24(7)50-28;1-2-3-4-5-6-7-8-9-10-11-12-13-14-15-16-17-18(19)20/h19-24,26-28,30-34,36,43-44,46-47H,15-18H2,1-14H3;2-17H2,1H3,(H,19,20)/t19-,20-,21+,22+,23-,24+,26+,27-,28+,30+,31-,32-,33+,34-,36+,37-,38-,39-;/m1./s1. The minimum atomic E-state index is -2.01. The third-order valence-corrected chi connectivity index (χ3v) is 16.1. The molecule has 434 valence electrons. The van der Waals surface area contributed by atoms with Crippen LogP contribution < -0.4 is 0 Å². The zero-order valence-electron chi connectivity index (χ0n) is 48.5. The number of carbonyl (C=O) groups excluding carboxylic acids is 3. The number of ether oxygens (including phenoxy) is 7. The zero-order chi connectivity index (χ0) is 56.1. The van der Waals surface area contributed by atoms with E-state index < -0.39 is 119 Å². The Labute approximate surface area is 445 Å². The lowest BCUT2D eigenvalue weighted by Gasteiger charge is -2.49. The molecule has 0 spiro atoms. The van der Waals surface area contributed by atoms with Crippen molar-refractivity contribution in [1.29, 1.82) is 0 Å². The fraction of sp³-hybridized carbons (Fsp3) is 0.930. The number of cyclic esters (lactones) is 1. The molecule has 0 amide bonds. The van der Waals surface area contributed by atoms with Crippen molar-refractivity contribution in [3.05, 3.63) is 0 Å². The van der Waals surface area contributed by atoms with Crippen LogP contribution in [0.2, 0.25) is 0 Å². The fourth-order valence-electron chi connectivity index (χ4n) is 11.4. The number of carboxylic acid groups (broad SMARTS) is 1. The summed E-state index contributed by atoms with van der Waals surface area (Å²) in [5.74, 6) is -6.33. The number of esters is 2. The third kappa shape index (κ3) is 20.8. The van der Waals surface area contributed by atoms with Crippen molar-refractivity contribution in [2.75, 3.05) is 21.2 Å². The topological polar surface area (TPSA) is 237 Å². The van der Waals surface area contributed by atoms with E-state index in [4.69, 9.17) is 38.3 Å². The summed E-state index contributed by atoms with van der Waals surface area (Å²) in [5.41, 5.74) is -4.92. The van der Waals surface area contributed by atoms with Gasteiger partial charge in [0.05, 0.1) is 53.7 Å². The largest absolute Gasteiger partial charge is 0.481 e. The van der Waals surface area contributed by atoms with E-state index in [9.17, 15) is 39.6 Å². The molecule has 0 bridgehead atoms. The van der Waals surface area contributed by atoms with Crippen LogP contribution >= 0.6 is 0 Å². The molecular weight excluding hydrogens is 955 g/mol. The quantitative estimate of drug-likeness (QED) is 0.0449. The fourth-order valence-corrected chi connectivity index (χ4v) is 11.4. The Bertz CT molecular complexity index is 1640. The Balaban J connectivity index is 0.000000788. The monoisotopic (exact) mass is 1060 g/mol. The van der Waals surface area contributed by atoms with Gasteiger partial charge in [-0.05, 0) is 81.3 Å². The number of carbonyl (C=O) groups is 4. The van der Waals surface area contributed by atoms with Crippen molar-refractivity contribution in [2.24, 2.45) is 23.7 Å². The van der Waals surface area contributed by atoms with Gasteiger partial charge >= 0.3 is 17.9 Å². The molecule has 18 atom stereocenters. The Hall–Kier alpha value is -2.32. The molecule has 74 heavy (non-hydrogen) atoms. The lowest BCUT2D eigenvalue weighted by molar-refractivity contribution is -0.318. The molecule has 0 aromatic carbocycles. The maximum atomic E-state index is 14.2. The first-order valence-corrected chi connectivity index (χ1v) is 28.4. The Morgan fingerprint density at radius 2 is 1.26 bits per heavy atom. The number of carboxylic acids is 1. The highest BCUT2D eigenvalue weighted by atomic mass is 16.7.